The zero-order chi connectivity index (χ0) is 17.6. The number of amides is 1. The van der Waals surface area contributed by atoms with Gasteiger partial charge < -0.3 is 0 Å². The van der Waals surface area contributed by atoms with Gasteiger partial charge in [0.2, 0.25) is 11.8 Å². The Bertz CT molecular complexity index is 941. The molecule has 0 aromatic carbocycles. The first-order valence-corrected chi connectivity index (χ1v) is 6.78. The summed E-state index contributed by atoms with van der Waals surface area (Å²) in [5.74, 6) is -2.39. The molecule has 0 spiro atoms. The van der Waals surface area contributed by atoms with Crippen LogP contribution in [0.5, 0.6) is 0 Å². The van der Waals surface area contributed by atoms with Gasteiger partial charge in [-0.3, -0.25) is 19.9 Å². The Morgan fingerprint density at radius 2 is 2.00 bits per heavy atom. The number of carbonyl (C=O) groups excluding carboxylic acids is 1. The van der Waals surface area contributed by atoms with Crippen LogP contribution in [0, 0.1) is 13.8 Å². The van der Waals surface area contributed by atoms with Crippen molar-refractivity contribution in [1.29, 1.82) is 0 Å². The highest BCUT2D eigenvalue weighted by Crippen LogP contribution is 2.27. The summed E-state index contributed by atoms with van der Waals surface area (Å²) in [6, 6.07) is 1.53. The van der Waals surface area contributed by atoms with Crippen LogP contribution in [0.25, 0.3) is 11.0 Å². The fourth-order valence-electron chi connectivity index (χ4n) is 2.36. The van der Waals surface area contributed by atoms with E-state index in [1.165, 1.54) is 10.7 Å². The Morgan fingerprint density at radius 3 is 2.62 bits per heavy atom. The lowest BCUT2D eigenvalue weighted by Crippen LogP contribution is -2.15. The van der Waals surface area contributed by atoms with Crippen LogP contribution in [0.1, 0.15) is 27.6 Å². The van der Waals surface area contributed by atoms with Gasteiger partial charge in [-0.1, -0.05) is 0 Å². The predicted molar refractivity (Wildman–Crippen MR) is 77.3 cm³/mol. The number of nitrogens with zero attached hydrogens (tertiary/aromatic N) is 5. The van der Waals surface area contributed by atoms with E-state index in [9.17, 15) is 18.0 Å². The fourth-order valence-corrected chi connectivity index (χ4v) is 2.36. The Kier molecular flexibility index (Phi) is 3.50. The molecule has 3 aromatic heterocycles. The van der Waals surface area contributed by atoms with E-state index in [-0.39, 0.29) is 5.56 Å². The largest absolute Gasteiger partial charge is 0.451 e. The van der Waals surface area contributed by atoms with Crippen molar-refractivity contribution in [3.05, 3.63) is 28.8 Å². The predicted octanol–water partition coefficient (Wildman–Crippen LogP) is 1.97. The number of pyridine rings is 1. The Morgan fingerprint density at radius 1 is 1.29 bits per heavy atom. The van der Waals surface area contributed by atoms with Gasteiger partial charge in [0.1, 0.15) is 0 Å². The number of nitrogens with one attached hydrogen (secondary N) is 2. The van der Waals surface area contributed by atoms with Crippen molar-refractivity contribution in [1.82, 2.24) is 29.9 Å². The molecule has 0 fully saturated rings. The molecular weight excluding hydrogens is 327 g/mol. The van der Waals surface area contributed by atoms with Crippen molar-refractivity contribution >= 4 is 22.9 Å². The number of carbonyl (C=O) groups is 1. The van der Waals surface area contributed by atoms with Crippen LogP contribution >= 0.6 is 0 Å². The Hall–Kier alpha value is -2.98. The summed E-state index contributed by atoms with van der Waals surface area (Å²) in [5.41, 5.74) is 1.89. The summed E-state index contributed by atoms with van der Waals surface area (Å²) >= 11 is 0. The van der Waals surface area contributed by atoms with Crippen LogP contribution in [0.3, 0.4) is 0 Å². The molecule has 0 saturated heterocycles. The third-order valence-electron chi connectivity index (χ3n) is 3.32. The normalized spacial score (nSPS) is 11.9. The molecule has 8 nitrogen and oxygen atoms in total. The topological polar surface area (TPSA) is 101 Å². The van der Waals surface area contributed by atoms with Crippen LogP contribution in [-0.4, -0.2) is 35.9 Å². The number of hydrogen-bond acceptors (Lipinski definition) is 5. The Labute approximate surface area is 133 Å². The number of alkyl halides is 3. The van der Waals surface area contributed by atoms with Crippen molar-refractivity contribution in [3.8, 4) is 0 Å². The molecule has 0 bridgehead atoms. The summed E-state index contributed by atoms with van der Waals surface area (Å²) in [5, 5.41) is 12.1. The zero-order valence-electron chi connectivity index (χ0n) is 12.9. The number of H-pyrrole nitrogens is 1. The molecule has 0 radical (unpaired) electrons. The molecule has 0 aliphatic carbocycles. The van der Waals surface area contributed by atoms with E-state index in [2.05, 4.69) is 25.5 Å². The maximum Gasteiger partial charge on any atom is 0.451 e. The van der Waals surface area contributed by atoms with Crippen molar-refractivity contribution in [3.63, 3.8) is 0 Å². The molecule has 3 aromatic rings. The van der Waals surface area contributed by atoms with Crippen LogP contribution in [-0.2, 0) is 13.2 Å². The number of anilines is 1. The summed E-state index contributed by atoms with van der Waals surface area (Å²) in [4.78, 5) is 20.0. The van der Waals surface area contributed by atoms with Gasteiger partial charge in [0, 0.05) is 12.7 Å². The molecule has 0 atom stereocenters. The van der Waals surface area contributed by atoms with E-state index in [0.29, 0.717) is 22.4 Å². The van der Waals surface area contributed by atoms with Gasteiger partial charge in [-0.25, -0.2) is 4.98 Å². The lowest BCUT2D eigenvalue weighted by Gasteiger charge is -2.05. The Balaban J connectivity index is 1.99. The molecule has 3 rings (SSSR count). The number of halogens is 3. The quantitative estimate of drug-likeness (QED) is 0.743. The van der Waals surface area contributed by atoms with Gasteiger partial charge >= 0.3 is 6.18 Å². The number of aromatic nitrogens is 6. The second-order valence-electron chi connectivity index (χ2n) is 5.18. The standard InChI is InChI=1S/C13H12F3N7O/c1-5-4-7(8-6(2)22-23(3)9(8)17-5)10(24)18-12-19-11(20-21-12)13(14,15)16/h4H,1-3H3,(H2,18,19,20,21,24). The molecule has 0 aliphatic heterocycles. The van der Waals surface area contributed by atoms with E-state index in [0.717, 1.165) is 0 Å². The molecule has 126 valence electrons. The number of hydrogen-bond donors (Lipinski definition) is 2. The molecule has 1 amide bonds. The first-order valence-electron chi connectivity index (χ1n) is 6.78. The molecular formula is C13H12F3N7O. The molecule has 11 heteroatoms. The van der Waals surface area contributed by atoms with E-state index in [1.807, 2.05) is 0 Å². The molecule has 2 N–H and O–H groups in total. The minimum absolute atomic E-state index is 0.237. The number of aromatic amines is 1. The average Bonchev–Trinajstić information content (AvgIpc) is 3.04. The molecule has 0 unspecified atom stereocenters. The SMILES string of the molecule is Cc1cc(C(=O)Nc2n[nH]c(C(F)(F)F)n2)c2c(C)nn(C)c2n1. The fraction of sp³-hybridized carbons (Fsp3) is 0.308. The van der Waals surface area contributed by atoms with Gasteiger partial charge in [0.25, 0.3) is 5.91 Å². The number of fused-ring (bicyclic) bond motifs is 1. The second-order valence-corrected chi connectivity index (χ2v) is 5.18. The van der Waals surface area contributed by atoms with Gasteiger partial charge in [0.15, 0.2) is 5.65 Å². The van der Waals surface area contributed by atoms with Crippen LogP contribution < -0.4 is 5.32 Å². The number of aryl methyl sites for hydroxylation is 3. The van der Waals surface area contributed by atoms with Crippen molar-refractivity contribution in [2.45, 2.75) is 20.0 Å². The maximum absolute atomic E-state index is 12.5. The first kappa shape index (κ1) is 15.9. The summed E-state index contributed by atoms with van der Waals surface area (Å²) in [7, 11) is 1.69. The van der Waals surface area contributed by atoms with Crippen LogP contribution in [0.15, 0.2) is 6.07 Å². The monoisotopic (exact) mass is 339 g/mol. The van der Waals surface area contributed by atoms with Crippen LogP contribution in [0.4, 0.5) is 19.1 Å². The van der Waals surface area contributed by atoms with Gasteiger partial charge in [-0.05, 0) is 19.9 Å². The average molecular weight is 339 g/mol. The lowest BCUT2D eigenvalue weighted by atomic mass is 10.1. The summed E-state index contributed by atoms with van der Waals surface area (Å²) < 4.78 is 39.1. The highest BCUT2D eigenvalue weighted by atomic mass is 19.4. The first-order chi connectivity index (χ1) is 11.2. The third-order valence-corrected chi connectivity index (χ3v) is 3.32. The molecule has 0 saturated carbocycles. The van der Waals surface area contributed by atoms with Gasteiger partial charge in [-0.2, -0.15) is 23.3 Å². The van der Waals surface area contributed by atoms with E-state index < -0.39 is 23.9 Å². The molecule has 24 heavy (non-hydrogen) atoms. The lowest BCUT2D eigenvalue weighted by molar-refractivity contribution is -0.144. The summed E-state index contributed by atoms with van der Waals surface area (Å²) in [6.45, 7) is 3.41. The molecule has 3 heterocycles. The van der Waals surface area contributed by atoms with Gasteiger partial charge in [0.05, 0.1) is 16.6 Å². The highest BCUT2D eigenvalue weighted by molar-refractivity contribution is 6.12. The highest BCUT2D eigenvalue weighted by Gasteiger charge is 2.35. The summed E-state index contributed by atoms with van der Waals surface area (Å²) in [6.07, 6.45) is -4.67. The van der Waals surface area contributed by atoms with Crippen molar-refractivity contribution in [2.24, 2.45) is 7.05 Å². The smallest absolute Gasteiger partial charge is 0.289 e. The minimum atomic E-state index is -4.67. The van der Waals surface area contributed by atoms with E-state index in [4.69, 9.17) is 0 Å². The van der Waals surface area contributed by atoms with Gasteiger partial charge in [-0.15, -0.1) is 5.10 Å². The third kappa shape index (κ3) is 2.68. The molecule has 0 aliphatic rings. The van der Waals surface area contributed by atoms with E-state index >= 15 is 0 Å². The maximum atomic E-state index is 12.5. The van der Waals surface area contributed by atoms with Crippen LogP contribution in [0.2, 0.25) is 0 Å². The number of rotatable bonds is 2. The minimum Gasteiger partial charge on any atom is -0.289 e. The van der Waals surface area contributed by atoms with Crippen molar-refractivity contribution in [2.75, 3.05) is 5.32 Å². The van der Waals surface area contributed by atoms with E-state index in [1.54, 1.807) is 26.0 Å². The van der Waals surface area contributed by atoms with Crippen molar-refractivity contribution < 1.29 is 18.0 Å². The zero-order valence-corrected chi connectivity index (χ0v) is 12.9. The second kappa shape index (κ2) is 5.28.